The standard InChI is InChI=1S/C12H22O2/c1-4-9(3)11-7-8(2)5-6-10(11)12(13)14/h8-11H,4-7H2,1-3H3,(H,13,14). The van der Waals surface area contributed by atoms with Crippen molar-refractivity contribution in [1.29, 1.82) is 0 Å². The van der Waals surface area contributed by atoms with Gasteiger partial charge in [0.15, 0.2) is 0 Å². The second kappa shape index (κ2) is 4.81. The lowest BCUT2D eigenvalue weighted by atomic mass is 9.69. The number of carboxylic acids is 1. The van der Waals surface area contributed by atoms with Gasteiger partial charge in [-0.05, 0) is 37.0 Å². The van der Waals surface area contributed by atoms with Crippen molar-refractivity contribution in [2.75, 3.05) is 0 Å². The molecule has 1 saturated carbocycles. The van der Waals surface area contributed by atoms with Crippen molar-refractivity contribution >= 4 is 5.97 Å². The van der Waals surface area contributed by atoms with E-state index in [1.54, 1.807) is 0 Å². The summed E-state index contributed by atoms with van der Waals surface area (Å²) in [5, 5.41) is 9.14. The molecule has 0 saturated heterocycles. The second-order valence-electron chi connectivity index (χ2n) is 4.91. The first-order valence-corrected chi connectivity index (χ1v) is 5.79. The molecule has 0 aromatic carbocycles. The van der Waals surface area contributed by atoms with E-state index in [0.29, 0.717) is 17.8 Å². The highest BCUT2D eigenvalue weighted by atomic mass is 16.4. The molecule has 14 heavy (non-hydrogen) atoms. The number of rotatable bonds is 3. The summed E-state index contributed by atoms with van der Waals surface area (Å²) >= 11 is 0. The molecule has 0 aromatic heterocycles. The van der Waals surface area contributed by atoms with Crippen molar-refractivity contribution < 1.29 is 9.90 Å². The van der Waals surface area contributed by atoms with Gasteiger partial charge in [0.2, 0.25) is 0 Å². The van der Waals surface area contributed by atoms with Gasteiger partial charge in [-0.2, -0.15) is 0 Å². The predicted molar refractivity (Wildman–Crippen MR) is 57.1 cm³/mol. The summed E-state index contributed by atoms with van der Waals surface area (Å²) in [7, 11) is 0. The van der Waals surface area contributed by atoms with Crippen LogP contribution in [0.15, 0.2) is 0 Å². The van der Waals surface area contributed by atoms with Crippen LogP contribution in [0.1, 0.15) is 46.5 Å². The minimum atomic E-state index is -0.581. The molecule has 1 aliphatic rings. The largest absolute Gasteiger partial charge is 0.481 e. The summed E-state index contributed by atoms with van der Waals surface area (Å²) in [5.74, 6) is 1.01. The predicted octanol–water partition coefficient (Wildman–Crippen LogP) is 3.17. The van der Waals surface area contributed by atoms with Gasteiger partial charge in [-0.1, -0.05) is 27.2 Å². The van der Waals surface area contributed by atoms with E-state index in [1.807, 2.05) is 0 Å². The molecular weight excluding hydrogens is 176 g/mol. The molecule has 0 radical (unpaired) electrons. The molecule has 4 unspecified atom stereocenters. The normalized spacial score (nSPS) is 35.2. The van der Waals surface area contributed by atoms with Crippen molar-refractivity contribution in [2.24, 2.45) is 23.7 Å². The Balaban J connectivity index is 2.68. The fraction of sp³-hybridized carbons (Fsp3) is 0.917. The zero-order valence-corrected chi connectivity index (χ0v) is 9.49. The molecule has 1 aliphatic carbocycles. The summed E-state index contributed by atoms with van der Waals surface area (Å²) in [5.41, 5.74) is 0. The lowest BCUT2D eigenvalue weighted by Crippen LogP contribution is -2.33. The van der Waals surface area contributed by atoms with E-state index in [4.69, 9.17) is 5.11 Å². The Bertz CT molecular complexity index is 200. The van der Waals surface area contributed by atoms with Gasteiger partial charge in [0.25, 0.3) is 0 Å². The molecule has 0 bridgehead atoms. The summed E-state index contributed by atoms with van der Waals surface area (Å²) in [6.07, 6.45) is 4.17. The quantitative estimate of drug-likeness (QED) is 0.756. The third-order valence-corrected chi connectivity index (χ3v) is 3.85. The van der Waals surface area contributed by atoms with Gasteiger partial charge in [-0.15, -0.1) is 0 Å². The third kappa shape index (κ3) is 2.49. The average Bonchev–Trinajstić information content (AvgIpc) is 2.16. The number of hydrogen-bond acceptors (Lipinski definition) is 1. The zero-order chi connectivity index (χ0) is 10.7. The van der Waals surface area contributed by atoms with Crippen molar-refractivity contribution in [1.82, 2.24) is 0 Å². The van der Waals surface area contributed by atoms with Crippen LogP contribution >= 0.6 is 0 Å². The van der Waals surface area contributed by atoms with Crippen molar-refractivity contribution in [3.8, 4) is 0 Å². The highest BCUT2D eigenvalue weighted by molar-refractivity contribution is 5.70. The van der Waals surface area contributed by atoms with Gasteiger partial charge in [0.05, 0.1) is 5.92 Å². The summed E-state index contributed by atoms with van der Waals surface area (Å²) in [4.78, 5) is 11.1. The maximum Gasteiger partial charge on any atom is 0.306 e. The van der Waals surface area contributed by atoms with Crippen molar-refractivity contribution in [2.45, 2.75) is 46.5 Å². The molecule has 1 N–H and O–H groups in total. The Kier molecular flexibility index (Phi) is 3.97. The van der Waals surface area contributed by atoms with Gasteiger partial charge < -0.3 is 5.11 Å². The minimum Gasteiger partial charge on any atom is -0.481 e. The first kappa shape index (κ1) is 11.5. The van der Waals surface area contributed by atoms with E-state index in [-0.39, 0.29) is 5.92 Å². The first-order chi connectivity index (χ1) is 6.56. The molecular formula is C12H22O2. The average molecular weight is 198 g/mol. The second-order valence-corrected chi connectivity index (χ2v) is 4.91. The molecule has 2 heteroatoms. The molecule has 2 nitrogen and oxygen atoms in total. The van der Waals surface area contributed by atoms with E-state index < -0.39 is 5.97 Å². The maximum absolute atomic E-state index is 11.1. The van der Waals surface area contributed by atoms with Gasteiger partial charge in [0.1, 0.15) is 0 Å². The Morgan fingerprint density at radius 3 is 2.64 bits per heavy atom. The Hall–Kier alpha value is -0.530. The van der Waals surface area contributed by atoms with E-state index >= 15 is 0 Å². The molecule has 82 valence electrons. The van der Waals surface area contributed by atoms with Crippen LogP contribution < -0.4 is 0 Å². The lowest BCUT2D eigenvalue weighted by Gasteiger charge is -2.36. The van der Waals surface area contributed by atoms with E-state index in [0.717, 1.165) is 25.7 Å². The monoisotopic (exact) mass is 198 g/mol. The molecule has 0 amide bonds. The SMILES string of the molecule is CCC(C)C1CC(C)CCC1C(=O)O. The Morgan fingerprint density at radius 2 is 2.14 bits per heavy atom. The minimum absolute atomic E-state index is 0.0823. The number of carbonyl (C=O) groups is 1. The fourth-order valence-electron chi connectivity index (χ4n) is 2.66. The van der Waals surface area contributed by atoms with Gasteiger partial charge in [0, 0.05) is 0 Å². The number of carboxylic acid groups (broad SMARTS) is 1. The van der Waals surface area contributed by atoms with Crippen molar-refractivity contribution in [3.05, 3.63) is 0 Å². The lowest BCUT2D eigenvalue weighted by molar-refractivity contribution is -0.146. The molecule has 0 aliphatic heterocycles. The topological polar surface area (TPSA) is 37.3 Å². The Morgan fingerprint density at radius 1 is 1.50 bits per heavy atom. The molecule has 1 fully saturated rings. The molecule has 0 heterocycles. The van der Waals surface area contributed by atoms with Crippen molar-refractivity contribution in [3.63, 3.8) is 0 Å². The van der Waals surface area contributed by atoms with Crippen LogP contribution in [-0.4, -0.2) is 11.1 Å². The van der Waals surface area contributed by atoms with Gasteiger partial charge >= 0.3 is 5.97 Å². The fourth-order valence-corrected chi connectivity index (χ4v) is 2.66. The van der Waals surface area contributed by atoms with Crippen LogP contribution in [0.2, 0.25) is 0 Å². The molecule has 1 rings (SSSR count). The highest BCUT2D eigenvalue weighted by Gasteiger charge is 2.35. The zero-order valence-electron chi connectivity index (χ0n) is 9.49. The van der Waals surface area contributed by atoms with Crippen LogP contribution in [0, 0.1) is 23.7 Å². The van der Waals surface area contributed by atoms with Gasteiger partial charge in [-0.25, -0.2) is 0 Å². The molecule has 0 aromatic rings. The van der Waals surface area contributed by atoms with Crippen LogP contribution in [0.4, 0.5) is 0 Å². The first-order valence-electron chi connectivity index (χ1n) is 5.79. The van der Waals surface area contributed by atoms with Gasteiger partial charge in [-0.3, -0.25) is 4.79 Å². The number of hydrogen-bond donors (Lipinski definition) is 1. The number of aliphatic carboxylic acids is 1. The summed E-state index contributed by atoms with van der Waals surface area (Å²) in [6, 6.07) is 0. The third-order valence-electron chi connectivity index (χ3n) is 3.85. The molecule has 0 spiro atoms. The highest BCUT2D eigenvalue weighted by Crippen LogP contribution is 2.39. The molecule has 4 atom stereocenters. The van der Waals surface area contributed by atoms with Crippen LogP contribution in [0.5, 0.6) is 0 Å². The smallest absolute Gasteiger partial charge is 0.306 e. The summed E-state index contributed by atoms with van der Waals surface area (Å²) < 4.78 is 0. The van der Waals surface area contributed by atoms with E-state index in [9.17, 15) is 4.79 Å². The van der Waals surface area contributed by atoms with Crippen LogP contribution in [0.3, 0.4) is 0 Å². The van der Waals surface area contributed by atoms with E-state index in [1.165, 1.54) is 0 Å². The Labute approximate surface area is 86.7 Å². The van der Waals surface area contributed by atoms with Crippen LogP contribution in [0.25, 0.3) is 0 Å². The maximum atomic E-state index is 11.1. The van der Waals surface area contributed by atoms with Crippen LogP contribution in [-0.2, 0) is 4.79 Å². The van der Waals surface area contributed by atoms with E-state index in [2.05, 4.69) is 20.8 Å². The summed E-state index contributed by atoms with van der Waals surface area (Å²) in [6.45, 7) is 6.59.